The second kappa shape index (κ2) is 36.4. The molecule has 0 bridgehead atoms. The maximum Gasteiger partial charge on any atom is 0.472 e. The van der Waals surface area contributed by atoms with Gasteiger partial charge in [0.2, 0.25) is 0 Å². The number of phosphoric acid groups is 2. The fourth-order valence-electron chi connectivity index (χ4n) is 6.24. The van der Waals surface area contributed by atoms with Crippen LogP contribution in [-0.2, 0) is 46.6 Å². The van der Waals surface area contributed by atoms with Crippen molar-refractivity contribution in [2.24, 2.45) is 11.8 Å². The van der Waals surface area contributed by atoms with Gasteiger partial charge in [0.1, 0.15) is 12.7 Å². The van der Waals surface area contributed by atoms with Gasteiger partial charge in [-0.05, 0) is 76.2 Å². The van der Waals surface area contributed by atoms with Crippen molar-refractivity contribution in [3.63, 3.8) is 0 Å². The molecule has 360 valence electrons. The molecule has 1 rings (SSSR count). The minimum atomic E-state index is -4.90. The lowest BCUT2D eigenvalue weighted by molar-refractivity contribution is -0.161. The molecular formula is C46H76O15P2. The molecular weight excluding hydrogens is 854 g/mol. The van der Waals surface area contributed by atoms with Crippen LogP contribution in [0.3, 0.4) is 0 Å². The lowest BCUT2D eigenvalue weighted by Gasteiger charge is -2.20. The number of rotatable bonds is 39. The van der Waals surface area contributed by atoms with Crippen LogP contribution in [0.5, 0.6) is 0 Å². The summed E-state index contributed by atoms with van der Waals surface area (Å²) in [5, 5.41) is 20.0. The number of ketones is 1. The van der Waals surface area contributed by atoms with Gasteiger partial charge < -0.3 is 34.4 Å². The number of aliphatic hydroxyl groups excluding tert-OH is 2. The summed E-state index contributed by atoms with van der Waals surface area (Å²) in [7, 11) is -9.78. The Morgan fingerprint density at radius 1 is 0.683 bits per heavy atom. The van der Waals surface area contributed by atoms with Crippen molar-refractivity contribution in [1.29, 1.82) is 0 Å². The summed E-state index contributed by atoms with van der Waals surface area (Å²) in [5.74, 6) is -1.63. The molecule has 0 amide bonds. The van der Waals surface area contributed by atoms with Crippen molar-refractivity contribution < 1.29 is 71.5 Å². The molecule has 1 aliphatic rings. The number of esters is 2. The topological polar surface area (TPSA) is 233 Å². The summed E-state index contributed by atoms with van der Waals surface area (Å²) >= 11 is 0. The van der Waals surface area contributed by atoms with Crippen molar-refractivity contribution in [2.45, 2.75) is 161 Å². The zero-order valence-corrected chi connectivity index (χ0v) is 39.3. The zero-order chi connectivity index (χ0) is 46.6. The van der Waals surface area contributed by atoms with Crippen LogP contribution in [0.1, 0.15) is 142 Å². The fourth-order valence-corrected chi connectivity index (χ4v) is 7.39. The molecule has 1 unspecified atom stereocenters. The summed E-state index contributed by atoms with van der Waals surface area (Å²) in [6, 6.07) is 0. The van der Waals surface area contributed by atoms with Crippen molar-refractivity contribution in [1.82, 2.24) is 0 Å². The van der Waals surface area contributed by atoms with E-state index in [1.807, 2.05) is 30.4 Å². The maximum absolute atomic E-state index is 12.8. The Labute approximate surface area is 375 Å². The van der Waals surface area contributed by atoms with Crippen LogP contribution in [-0.4, -0.2) is 87.4 Å². The first-order valence-corrected chi connectivity index (χ1v) is 25.7. The van der Waals surface area contributed by atoms with E-state index in [-0.39, 0.29) is 30.5 Å². The largest absolute Gasteiger partial charge is 0.472 e. The minimum absolute atomic E-state index is 0.00406. The normalized spacial score (nSPS) is 18.4. The molecule has 17 heteroatoms. The minimum Gasteiger partial charge on any atom is -0.462 e. The second-order valence-corrected chi connectivity index (χ2v) is 18.3. The number of carbonyl (C=O) groups is 3. The van der Waals surface area contributed by atoms with Crippen molar-refractivity contribution in [3.05, 3.63) is 72.9 Å². The number of unbranched alkanes of at least 4 members (excludes halogenated alkanes) is 10. The molecule has 0 aromatic carbocycles. The summed E-state index contributed by atoms with van der Waals surface area (Å²) < 4.78 is 47.7. The monoisotopic (exact) mass is 930 g/mol. The molecule has 0 spiro atoms. The van der Waals surface area contributed by atoms with Gasteiger partial charge in [-0.1, -0.05) is 132 Å². The fraction of sp³-hybridized carbons (Fsp3) is 0.674. The number of hydrogen-bond donors (Lipinski definition) is 5. The quantitative estimate of drug-likeness (QED) is 0.0167. The van der Waals surface area contributed by atoms with Crippen molar-refractivity contribution in [2.75, 3.05) is 26.4 Å². The van der Waals surface area contributed by atoms with Gasteiger partial charge in [-0.15, -0.1) is 0 Å². The van der Waals surface area contributed by atoms with Gasteiger partial charge in [0, 0.05) is 18.8 Å². The van der Waals surface area contributed by atoms with Gasteiger partial charge >= 0.3 is 27.6 Å². The first kappa shape index (κ1) is 58.2. The summed E-state index contributed by atoms with van der Waals surface area (Å²) in [6.07, 6.45) is 36.8. The third kappa shape index (κ3) is 34.2. The summed E-state index contributed by atoms with van der Waals surface area (Å²) in [5.41, 5.74) is 0. The van der Waals surface area contributed by atoms with Gasteiger partial charge in [0.25, 0.3) is 0 Å². The third-order valence-electron chi connectivity index (χ3n) is 9.81. The zero-order valence-electron chi connectivity index (χ0n) is 37.5. The van der Waals surface area contributed by atoms with E-state index in [2.05, 4.69) is 47.2 Å². The van der Waals surface area contributed by atoms with E-state index in [4.69, 9.17) is 23.8 Å². The highest BCUT2D eigenvalue weighted by Gasteiger charge is 2.29. The molecule has 0 saturated carbocycles. The Bertz CT molecular complexity index is 1530. The second-order valence-electron chi connectivity index (χ2n) is 15.6. The summed E-state index contributed by atoms with van der Waals surface area (Å²) in [4.78, 5) is 65.3. The number of allylic oxidation sites excluding steroid dienone is 11. The van der Waals surface area contributed by atoms with Crippen LogP contribution in [0.15, 0.2) is 72.9 Å². The summed E-state index contributed by atoms with van der Waals surface area (Å²) in [6.45, 7) is 1.36. The molecule has 0 aromatic heterocycles. The highest BCUT2D eigenvalue weighted by molar-refractivity contribution is 7.47. The molecule has 0 radical (unpaired) electrons. The maximum atomic E-state index is 12.8. The van der Waals surface area contributed by atoms with Gasteiger partial charge in [-0.2, -0.15) is 0 Å². The average molecular weight is 931 g/mol. The standard InChI is InChI=1S/C46H76O15P2/c1-3-5-7-8-9-10-11-12-13-14-15-16-17-18-19-20-25-29-45(50)57-37-42(38-60-63(55,56)59-36-41(48)35-58-62(52,53)54)61-46(51)30-26-22-21-24-27-39-31-34-44(49)43(39)33-32-40(47)28-23-6-4-2/h12-13,15-16,18-19,21,24,31-34,39-43,47-48H,3-11,14,17,20,22-23,25-30,35-38H2,1-2H3,(H,55,56)(H2,52,53,54)/b13-12-,16-15-,19-18-,24-21-,33-32+/t39-,40-,41-,42+,43+/m0/s1. The lowest BCUT2D eigenvalue weighted by Crippen LogP contribution is -2.29. The molecule has 63 heavy (non-hydrogen) atoms. The van der Waals surface area contributed by atoms with Gasteiger partial charge in [0.05, 0.1) is 25.9 Å². The molecule has 0 heterocycles. The Morgan fingerprint density at radius 3 is 1.90 bits per heavy atom. The average Bonchev–Trinajstić information content (AvgIpc) is 3.59. The predicted molar refractivity (Wildman–Crippen MR) is 243 cm³/mol. The first-order valence-electron chi connectivity index (χ1n) is 22.7. The van der Waals surface area contributed by atoms with Crippen LogP contribution >= 0.6 is 15.6 Å². The molecule has 15 nitrogen and oxygen atoms in total. The van der Waals surface area contributed by atoms with Crippen molar-refractivity contribution in [3.8, 4) is 0 Å². The Morgan fingerprint density at radius 2 is 1.24 bits per heavy atom. The van der Waals surface area contributed by atoms with Crippen molar-refractivity contribution >= 4 is 33.4 Å². The molecule has 5 N–H and O–H groups in total. The highest BCUT2D eigenvalue weighted by atomic mass is 31.2. The number of aliphatic hydroxyl groups is 2. The van der Waals surface area contributed by atoms with Gasteiger partial charge in [-0.25, -0.2) is 9.13 Å². The molecule has 0 saturated heterocycles. The van der Waals surface area contributed by atoms with Crippen LogP contribution in [0.25, 0.3) is 0 Å². The number of hydrogen-bond acceptors (Lipinski definition) is 12. The smallest absolute Gasteiger partial charge is 0.462 e. The molecule has 0 aromatic rings. The lowest BCUT2D eigenvalue weighted by atomic mass is 9.90. The first-order chi connectivity index (χ1) is 30.2. The van der Waals surface area contributed by atoms with Crippen LogP contribution < -0.4 is 0 Å². The molecule has 0 aliphatic heterocycles. The van der Waals surface area contributed by atoms with E-state index in [0.717, 1.165) is 38.5 Å². The Kier molecular flexibility index (Phi) is 33.6. The van der Waals surface area contributed by atoms with Crippen LogP contribution in [0.4, 0.5) is 0 Å². The van der Waals surface area contributed by atoms with Gasteiger partial charge in [-0.3, -0.25) is 28.0 Å². The molecule has 0 fully saturated rings. The van der Waals surface area contributed by atoms with E-state index in [1.54, 1.807) is 18.2 Å². The van der Waals surface area contributed by atoms with E-state index in [1.165, 1.54) is 38.5 Å². The molecule has 6 atom stereocenters. The van der Waals surface area contributed by atoms with Gasteiger partial charge in [0.15, 0.2) is 11.9 Å². The van der Waals surface area contributed by atoms with Crippen LogP contribution in [0.2, 0.25) is 0 Å². The highest BCUT2D eigenvalue weighted by Crippen LogP contribution is 2.44. The Balaban J connectivity index is 2.57. The SMILES string of the molecule is CCCCCCCC/C=C\C/C=C\C/C=C\CCCC(=O)OC[C@H](COP(=O)(O)OC[C@@H](O)COP(=O)(O)O)OC(=O)CCC/C=C\C[C@H]1C=CC(=O)[C@@H]1/C=C/[C@@H](O)CCCCC. The number of ether oxygens (including phenoxy) is 2. The molecule has 1 aliphatic carbocycles. The Hall–Kier alpha value is -2.81. The third-order valence-corrected chi connectivity index (χ3v) is 11.2. The van der Waals surface area contributed by atoms with E-state index in [0.29, 0.717) is 38.5 Å². The van der Waals surface area contributed by atoms with E-state index < -0.39 is 72.3 Å². The van der Waals surface area contributed by atoms with E-state index in [9.17, 15) is 38.6 Å². The number of phosphoric ester groups is 2. The van der Waals surface area contributed by atoms with Crippen LogP contribution in [0, 0.1) is 11.8 Å². The predicted octanol–water partition coefficient (Wildman–Crippen LogP) is 9.40. The van der Waals surface area contributed by atoms with E-state index >= 15 is 0 Å². The number of carbonyl (C=O) groups excluding carboxylic acids is 3.